The van der Waals surface area contributed by atoms with E-state index < -0.39 is 23.3 Å². The number of hydrogen-bond donors (Lipinski definition) is 0. The summed E-state index contributed by atoms with van der Waals surface area (Å²) in [5.74, 6) is -0.587. The first kappa shape index (κ1) is 12.2. The predicted molar refractivity (Wildman–Crippen MR) is 54.1 cm³/mol. The molecule has 86 valence electrons. The summed E-state index contributed by atoms with van der Waals surface area (Å²) in [5.41, 5.74) is -1.14. The molecular formula is C11H18O4. The molecule has 0 spiro atoms. The van der Waals surface area contributed by atoms with Gasteiger partial charge in [-0.1, -0.05) is 0 Å². The van der Waals surface area contributed by atoms with Gasteiger partial charge in [0.1, 0.15) is 0 Å². The minimum atomic E-state index is -1.02. The van der Waals surface area contributed by atoms with Gasteiger partial charge in [-0.05, 0) is 34.6 Å². The molecule has 0 aliphatic carbocycles. The van der Waals surface area contributed by atoms with Crippen molar-refractivity contribution >= 4 is 11.8 Å². The van der Waals surface area contributed by atoms with Crippen LogP contribution in [-0.2, 0) is 19.1 Å². The summed E-state index contributed by atoms with van der Waals surface area (Å²) >= 11 is 0. The van der Waals surface area contributed by atoms with E-state index in [4.69, 9.17) is 9.47 Å². The number of esters is 1. The van der Waals surface area contributed by atoms with E-state index in [1.807, 2.05) is 0 Å². The summed E-state index contributed by atoms with van der Waals surface area (Å²) < 4.78 is 10.3. The first-order chi connectivity index (χ1) is 6.62. The topological polar surface area (TPSA) is 52.6 Å². The number of rotatable bonds is 1. The summed E-state index contributed by atoms with van der Waals surface area (Å²) in [6.07, 6.45) is -0.735. The zero-order chi connectivity index (χ0) is 11.9. The molecular weight excluding hydrogens is 196 g/mol. The number of carbonyl (C=O) groups is 2. The van der Waals surface area contributed by atoms with Crippen molar-refractivity contribution in [2.75, 3.05) is 0 Å². The molecule has 1 fully saturated rings. The Hall–Kier alpha value is -0.900. The van der Waals surface area contributed by atoms with Gasteiger partial charge in [0.15, 0.2) is 0 Å². The molecule has 0 N–H and O–H groups in total. The van der Waals surface area contributed by atoms with Gasteiger partial charge in [-0.25, -0.2) is 0 Å². The van der Waals surface area contributed by atoms with Crippen LogP contribution in [0, 0.1) is 5.41 Å². The summed E-state index contributed by atoms with van der Waals surface area (Å²) in [7, 11) is 0. The summed E-state index contributed by atoms with van der Waals surface area (Å²) in [4.78, 5) is 23.0. The molecule has 0 saturated carbocycles. The summed E-state index contributed by atoms with van der Waals surface area (Å²) in [6, 6.07) is 0. The number of ether oxygens (including phenoxy) is 2. The first-order valence-corrected chi connectivity index (χ1v) is 5.03. The Kier molecular flexibility index (Phi) is 2.92. The SMILES string of the molecule is CC1(C)CC(=O)C(OC(=O)C(C)(C)C)O1. The third-order valence-corrected chi connectivity index (χ3v) is 2.12. The molecule has 4 heteroatoms. The summed E-state index contributed by atoms with van der Waals surface area (Å²) in [5, 5.41) is 0. The van der Waals surface area contributed by atoms with Crippen LogP contribution in [0.5, 0.6) is 0 Å². The average molecular weight is 214 g/mol. The third-order valence-electron chi connectivity index (χ3n) is 2.12. The standard InChI is InChI=1S/C11H18O4/c1-10(2,3)9(13)14-8-7(12)6-11(4,5)15-8/h8H,6H2,1-5H3. The summed E-state index contributed by atoms with van der Waals surface area (Å²) in [6.45, 7) is 8.81. The first-order valence-electron chi connectivity index (χ1n) is 5.03. The second-order valence-electron chi connectivity index (χ2n) is 5.51. The van der Waals surface area contributed by atoms with E-state index in [2.05, 4.69) is 0 Å². The lowest BCUT2D eigenvalue weighted by atomic mass is 9.97. The molecule has 0 bridgehead atoms. The van der Waals surface area contributed by atoms with E-state index in [9.17, 15) is 9.59 Å². The molecule has 1 heterocycles. The minimum absolute atomic E-state index is 0.169. The Morgan fingerprint density at radius 2 is 2.00 bits per heavy atom. The highest BCUT2D eigenvalue weighted by Gasteiger charge is 2.42. The van der Waals surface area contributed by atoms with Gasteiger partial charge in [-0.15, -0.1) is 0 Å². The lowest BCUT2D eigenvalue weighted by molar-refractivity contribution is -0.193. The monoisotopic (exact) mass is 214 g/mol. The fraction of sp³-hybridized carbons (Fsp3) is 0.818. The molecule has 1 aliphatic heterocycles. The average Bonchev–Trinajstić information content (AvgIpc) is 2.22. The van der Waals surface area contributed by atoms with Crippen LogP contribution in [0.25, 0.3) is 0 Å². The van der Waals surface area contributed by atoms with E-state index in [0.29, 0.717) is 0 Å². The van der Waals surface area contributed by atoms with Crippen LogP contribution in [0.15, 0.2) is 0 Å². The highest BCUT2D eigenvalue weighted by Crippen LogP contribution is 2.28. The van der Waals surface area contributed by atoms with E-state index in [1.54, 1.807) is 34.6 Å². The van der Waals surface area contributed by atoms with Crippen molar-refractivity contribution in [3.8, 4) is 0 Å². The molecule has 0 aromatic carbocycles. The number of Topliss-reactive ketones (excluding diaryl/α,β-unsaturated/α-hetero) is 1. The number of carbonyl (C=O) groups excluding carboxylic acids is 2. The van der Waals surface area contributed by atoms with E-state index in [-0.39, 0.29) is 12.2 Å². The second-order valence-corrected chi connectivity index (χ2v) is 5.51. The lowest BCUT2D eigenvalue weighted by Gasteiger charge is -2.21. The van der Waals surface area contributed by atoms with Crippen molar-refractivity contribution in [3.05, 3.63) is 0 Å². The van der Waals surface area contributed by atoms with Crippen LogP contribution in [-0.4, -0.2) is 23.6 Å². The fourth-order valence-corrected chi connectivity index (χ4v) is 1.26. The molecule has 4 nitrogen and oxygen atoms in total. The van der Waals surface area contributed by atoms with E-state index >= 15 is 0 Å². The van der Waals surface area contributed by atoms with Crippen LogP contribution in [0.2, 0.25) is 0 Å². The molecule has 0 radical (unpaired) electrons. The van der Waals surface area contributed by atoms with Gasteiger partial charge >= 0.3 is 5.97 Å². The van der Waals surface area contributed by atoms with Crippen molar-refractivity contribution in [2.45, 2.75) is 52.9 Å². The zero-order valence-corrected chi connectivity index (χ0v) is 9.92. The highest BCUT2D eigenvalue weighted by molar-refractivity contribution is 5.87. The maximum atomic E-state index is 11.5. The van der Waals surface area contributed by atoms with E-state index in [0.717, 1.165) is 0 Å². The number of ketones is 1. The Morgan fingerprint density at radius 3 is 2.33 bits per heavy atom. The molecule has 15 heavy (non-hydrogen) atoms. The predicted octanol–water partition coefficient (Wildman–Crippen LogP) is 1.67. The largest absolute Gasteiger partial charge is 0.428 e. The molecule has 1 saturated heterocycles. The Labute approximate surface area is 89.9 Å². The van der Waals surface area contributed by atoms with Crippen LogP contribution in [0.1, 0.15) is 41.0 Å². The van der Waals surface area contributed by atoms with Crippen LogP contribution in [0.4, 0.5) is 0 Å². The number of hydrogen-bond acceptors (Lipinski definition) is 4. The van der Waals surface area contributed by atoms with Gasteiger partial charge in [-0.3, -0.25) is 9.59 Å². The Bertz CT molecular complexity index is 285. The lowest BCUT2D eigenvalue weighted by Crippen LogP contribution is -2.32. The normalized spacial score (nSPS) is 25.4. The van der Waals surface area contributed by atoms with Crippen molar-refractivity contribution in [1.82, 2.24) is 0 Å². The van der Waals surface area contributed by atoms with Crippen LogP contribution in [0.3, 0.4) is 0 Å². The smallest absolute Gasteiger partial charge is 0.313 e. The van der Waals surface area contributed by atoms with Gasteiger partial charge in [0, 0.05) is 6.42 Å². The van der Waals surface area contributed by atoms with Crippen LogP contribution >= 0.6 is 0 Å². The van der Waals surface area contributed by atoms with E-state index in [1.165, 1.54) is 0 Å². The van der Waals surface area contributed by atoms with Crippen molar-refractivity contribution in [1.29, 1.82) is 0 Å². The molecule has 1 unspecified atom stereocenters. The minimum Gasteiger partial charge on any atom is -0.428 e. The molecule has 1 aliphatic rings. The highest BCUT2D eigenvalue weighted by atomic mass is 16.7. The fourth-order valence-electron chi connectivity index (χ4n) is 1.26. The third kappa shape index (κ3) is 3.02. The van der Waals surface area contributed by atoms with Gasteiger partial charge in [0.2, 0.25) is 5.78 Å². The Morgan fingerprint density at radius 1 is 1.47 bits per heavy atom. The zero-order valence-electron chi connectivity index (χ0n) is 9.92. The van der Waals surface area contributed by atoms with Gasteiger partial charge in [-0.2, -0.15) is 0 Å². The molecule has 0 aromatic heterocycles. The van der Waals surface area contributed by atoms with Crippen molar-refractivity contribution in [2.24, 2.45) is 5.41 Å². The molecule has 1 atom stereocenters. The maximum Gasteiger partial charge on any atom is 0.313 e. The van der Waals surface area contributed by atoms with Crippen molar-refractivity contribution < 1.29 is 19.1 Å². The molecule has 0 amide bonds. The molecule has 1 rings (SSSR count). The quantitative estimate of drug-likeness (QED) is 0.623. The van der Waals surface area contributed by atoms with Gasteiger partial charge < -0.3 is 9.47 Å². The Balaban J connectivity index is 2.62. The second kappa shape index (κ2) is 3.59. The van der Waals surface area contributed by atoms with Crippen molar-refractivity contribution in [3.63, 3.8) is 0 Å². The van der Waals surface area contributed by atoms with Gasteiger partial charge in [0.25, 0.3) is 6.29 Å². The maximum absolute atomic E-state index is 11.5. The van der Waals surface area contributed by atoms with Crippen LogP contribution < -0.4 is 0 Å². The molecule has 0 aromatic rings. The van der Waals surface area contributed by atoms with Gasteiger partial charge in [0.05, 0.1) is 11.0 Å².